The molecule has 0 amide bonds. The van der Waals surface area contributed by atoms with E-state index in [1.807, 2.05) is 38.1 Å². The maximum absolute atomic E-state index is 9.73. The first kappa shape index (κ1) is 35.8. The molecule has 2 aromatic rings. The fraction of sp³-hybridized carbons (Fsp3) is 0.429. The zero-order valence-electron chi connectivity index (χ0n) is 22.7. The Morgan fingerprint density at radius 1 is 0.575 bits per heavy atom. The van der Waals surface area contributed by atoms with Crippen LogP contribution in [0.25, 0.3) is 0 Å². The Labute approximate surface area is 269 Å². The topological polar surface area (TPSA) is 96.4 Å². The Bertz CT molecular complexity index is 1090. The Balaban J connectivity index is 0.000000381. The molecule has 0 aromatic heterocycles. The predicted molar refractivity (Wildman–Crippen MR) is 161 cm³/mol. The summed E-state index contributed by atoms with van der Waals surface area (Å²) in [6.07, 6.45) is 7.18. The molecule has 0 bridgehead atoms. The third-order valence-corrected chi connectivity index (χ3v) is 7.09. The van der Waals surface area contributed by atoms with Crippen LogP contribution in [0.5, 0.6) is 11.5 Å². The molecule has 0 saturated carbocycles. The number of hydrogen-bond donors (Lipinski definition) is 2. The van der Waals surface area contributed by atoms with Crippen LogP contribution in [0.1, 0.15) is 63.5 Å². The van der Waals surface area contributed by atoms with Gasteiger partial charge < -0.3 is 45.3 Å². The standard InChI is InChI=1S/2C14H19N3OS.2Cu/c2*1-11(12-7-3-4-8-13(12)18)15-16-14(19)17-9-5-2-6-10-17;;/h2*3-4,7-8,18H,2,5-6,9-10H2,1H3,(H,16,19);;/q;;2*+1/p-2/b2*15-11+;;. The summed E-state index contributed by atoms with van der Waals surface area (Å²) in [5.74, 6) is 0.422. The van der Waals surface area contributed by atoms with Crippen LogP contribution in [0.4, 0.5) is 0 Å². The van der Waals surface area contributed by atoms with Crippen molar-refractivity contribution in [2.24, 2.45) is 20.4 Å². The smallest absolute Gasteiger partial charge is 0.741 e. The van der Waals surface area contributed by atoms with Crippen molar-refractivity contribution in [3.8, 4) is 11.5 Å². The van der Waals surface area contributed by atoms with Gasteiger partial charge in [0.2, 0.25) is 0 Å². The average Bonchev–Trinajstić information content (AvgIpc) is 2.96. The SMILES string of the molecule is C/C(=N\N=C(/[S-])N1CCCCC1)c1ccccc1O.C/C(=N\N=C(/[S-])N1CCCCC1)c1ccccc1O.[Cu+].[Cu+]. The van der Waals surface area contributed by atoms with Crippen molar-refractivity contribution in [3.05, 3.63) is 59.7 Å². The molecular formula is C28H36Cu2N6O2S2. The molecule has 2 N–H and O–H groups in total. The summed E-state index contributed by atoms with van der Waals surface area (Å²) in [7, 11) is 0. The van der Waals surface area contributed by atoms with Crippen molar-refractivity contribution >= 4 is 47.0 Å². The van der Waals surface area contributed by atoms with E-state index in [9.17, 15) is 10.2 Å². The van der Waals surface area contributed by atoms with Crippen molar-refractivity contribution in [1.29, 1.82) is 0 Å². The van der Waals surface area contributed by atoms with Crippen LogP contribution < -0.4 is 0 Å². The zero-order chi connectivity index (χ0) is 27.3. The van der Waals surface area contributed by atoms with Gasteiger partial charge >= 0.3 is 34.1 Å². The number of aromatic hydroxyl groups is 2. The van der Waals surface area contributed by atoms with E-state index < -0.39 is 0 Å². The second-order valence-corrected chi connectivity index (χ2v) is 10.00. The Hall–Kier alpha value is -2.20. The molecule has 8 nitrogen and oxygen atoms in total. The number of benzene rings is 2. The van der Waals surface area contributed by atoms with Crippen molar-refractivity contribution in [2.75, 3.05) is 26.2 Å². The molecule has 2 saturated heterocycles. The number of para-hydroxylation sites is 2. The van der Waals surface area contributed by atoms with Crippen LogP contribution in [0.3, 0.4) is 0 Å². The second-order valence-electron chi connectivity index (χ2n) is 9.27. The molecule has 0 unspecified atom stereocenters. The van der Waals surface area contributed by atoms with Gasteiger partial charge in [-0.15, -0.1) is 0 Å². The molecule has 2 heterocycles. The van der Waals surface area contributed by atoms with E-state index in [-0.39, 0.29) is 45.6 Å². The minimum Gasteiger partial charge on any atom is -0.741 e. The van der Waals surface area contributed by atoms with Crippen LogP contribution in [-0.4, -0.2) is 68.0 Å². The molecule has 0 atom stereocenters. The molecule has 2 aliphatic heterocycles. The van der Waals surface area contributed by atoms with Crippen LogP contribution in [-0.2, 0) is 59.4 Å². The first-order valence-corrected chi connectivity index (χ1v) is 13.8. The van der Waals surface area contributed by atoms with E-state index in [0.717, 1.165) is 51.9 Å². The van der Waals surface area contributed by atoms with Gasteiger partial charge in [0.15, 0.2) is 0 Å². The van der Waals surface area contributed by atoms with Crippen molar-refractivity contribution in [1.82, 2.24) is 9.80 Å². The van der Waals surface area contributed by atoms with E-state index in [1.165, 1.54) is 12.8 Å². The normalized spacial score (nSPS) is 16.8. The van der Waals surface area contributed by atoms with Gasteiger partial charge in [-0.3, -0.25) is 0 Å². The molecule has 2 aliphatic rings. The van der Waals surface area contributed by atoms with Gasteiger partial charge in [-0.1, -0.05) is 24.3 Å². The number of amidine groups is 2. The first-order valence-electron chi connectivity index (χ1n) is 13.0. The summed E-state index contributed by atoms with van der Waals surface area (Å²) >= 11 is 10.5. The number of piperidine rings is 2. The Kier molecular flexibility index (Phi) is 17.0. The van der Waals surface area contributed by atoms with Crippen molar-refractivity contribution in [3.63, 3.8) is 0 Å². The van der Waals surface area contributed by atoms with Crippen molar-refractivity contribution in [2.45, 2.75) is 52.4 Å². The molecule has 0 spiro atoms. The van der Waals surface area contributed by atoms with E-state index in [1.54, 1.807) is 24.3 Å². The maximum Gasteiger partial charge on any atom is 1.00 e. The quantitative estimate of drug-likeness (QED) is 0.155. The van der Waals surface area contributed by atoms with E-state index in [2.05, 4.69) is 30.2 Å². The predicted octanol–water partition coefficient (Wildman–Crippen LogP) is 5.01. The van der Waals surface area contributed by atoms with Crippen LogP contribution in [0.2, 0.25) is 0 Å². The third kappa shape index (κ3) is 11.4. The summed E-state index contributed by atoms with van der Waals surface area (Å²) in [4.78, 5) is 4.17. The molecular weight excluding hydrogens is 644 g/mol. The summed E-state index contributed by atoms with van der Waals surface area (Å²) in [5.41, 5.74) is 2.70. The summed E-state index contributed by atoms with van der Waals surface area (Å²) in [6.45, 7) is 7.50. The fourth-order valence-electron chi connectivity index (χ4n) is 4.20. The van der Waals surface area contributed by atoms with Gasteiger partial charge in [0.25, 0.3) is 0 Å². The van der Waals surface area contributed by atoms with E-state index in [0.29, 0.717) is 32.9 Å². The van der Waals surface area contributed by atoms with E-state index in [4.69, 9.17) is 25.3 Å². The largest absolute Gasteiger partial charge is 1.00 e. The number of rotatable bonds is 4. The number of phenols is 2. The van der Waals surface area contributed by atoms with Gasteiger partial charge in [0, 0.05) is 47.6 Å². The number of likely N-dealkylation sites (tertiary alicyclic amines) is 2. The maximum atomic E-state index is 9.73. The average molecular weight is 680 g/mol. The Morgan fingerprint density at radius 2 is 0.900 bits per heavy atom. The number of nitrogens with zero attached hydrogens (tertiary/aromatic N) is 6. The number of hydrogen-bond acceptors (Lipinski definition) is 8. The molecule has 0 aliphatic carbocycles. The van der Waals surface area contributed by atoms with Crippen molar-refractivity contribution < 1.29 is 44.4 Å². The van der Waals surface area contributed by atoms with Gasteiger partial charge in [-0.2, -0.15) is 20.4 Å². The molecule has 40 heavy (non-hydrogen) atoms. The summed E-state index contributed by atoms with van der Waals surface area (Å²) < 4.78 is 0. The van der Waals surface area contributed by atoms with Gasteiger partial charge in [-0.05, 0) is 76.6 Å². The minimum absolute atomic E-state index is 0. The minimum atomic E-state index is 0. The first-order chi connectivity index (χ1) is 18.4. The summed E-state index contributed by atoms with van der Waals surface area (Å²) in [5, 5.41) is 37.0. The molecule has 2 fully saturated rings. The monoisotopic (exact) mass is 678 g/mol. The third-order valence-electron chi connectivity index (χ3n) is 6.41. The zero-order valence-corrected chi connectivity index (χ0v) is 26.2. The van der Waals surface area contributed by atoms with E-state index >= 15 is 0 Å². The van der Waals surface area contributed by atoms with Gasteiger partial charge in [0.05, 0.1) is 11.4 Å². The molecule has 0 radical (unpaired) electrons. The molecule has 2 aromatic carbocycles. The second kappa shape index (κ2) is 19.0. The van der Waals surface area contributed by atoms with Crippen LogP contribution >= 0.6 is 0 Å². The fourth-order valence-corrected chi connectivity index (χ4v) is 4.65. The molecule has 12 heteroatoms. The van der Waals surface area contributed by atoms with Crippen LogP contribution in [0, 0.1) is 0 Å². The summed E-state index contributed by atoms with van der Waals surface area (Å²) in [6, 6.07) is 14.2. The van der Waals surface area contributed by atoms with Crippen LogP contribution in [0.15, 0.2) is 68.9 Å². The number of phenolic OH excluding ortho intramolecular Hbond substituents is 2. The Morgan fingerprint density at radius 3 is 1.23 bits per heavy atom. The molecule has 224 valence electrons. The van der Waals surface area contributed by atoms with Gasteiger partial charge in [0.1, 0.15) is 11.5 Å². The van der Waals surface area contributed by atoms with Gasteiger partial charge in [-0.25, -0.2) is 0 Å². The molecule has 4 rings (SSSR count).